The van der Waals surface area contributed by atoms with Gasteiger partial charge >= 0.3 is 0 Å². The second-order valence-electron chi connectivity index (χ2n) is 6.40. The van der Waals surface area contributed by atoms with Crippen molar-refractivity contribution in [2.45, 2.75) is 50.6 Å². The zero-order valence-electron chi connectivity index (χ0n) is 11.3. The predicted octanol–water partition coefficient (Wildman–Crippen LogP) is 0.714. The summed E-state index contributed by atoms with van der Waals surface area (Å²) in [5.74, 6) is 1.20. The summed E-state index contributed by atoms with van der Waals surface area (Å²) in [6.07, 6.45) is 6.34. The van der Waals surface area contributed by atoms with Crippen molar-refractivity contribution in [3.63, 3.8) is 0 Å². The number of likely N-dealkylation sites (N-methyl/N-ethyl adjacent to an activating group) is 1. The molecule has 3 rings (SSSR count). The summed E-state index contributed by atoms with van der Waals surface area (Å²) >= 11 is 0. The summed E-state index contributed by atoms with van der Waals surface area (Å²) in [6, 6.07) is 0.714. The van der Waals surface area contributed by atoms with Crippen LogP contribution in [0.25, 0.3) is 0 Å². The summed E-state index contributed by atoms with van der Waals surface area (Å²) in [5.41, 5.74) is 5.29. The van der Waals surface area contributed by atoms with Crippen LogP contribution in [0.4, 0.5) is 0 Å². The number of primary amides is 1. The molecule has 1 heterocycles. The number of amides is 1. The van der Waals surface area contributed by atoms with Crippen LogP contribution in [0.15, 0.2) is 0 Å². The summed E-state index contributed by atoms with van der Waals surface area (Å²) in [7, 11) is 0. The molecule has 0 aromatic rings. The van der Waals surface area contributed by atoms with Gasteiger partial charge in [0.1, 0.15) is 5.54 Å². The van der Waals surface area contributed by atoms with Crippen LogP contribution in [-0.2, 0) is 4.79 Å². The van der Waals surface area contributed by atoms with E-state index in [-0.39, 0.29) is 5.91 Å². The van der Waals surface area contributed by atoms with Gasteiger partial charge in [-0.2, -0.15) is 0 Å². The zero-order chi connectivity index (χ0) is 12.8. The van der Waals surface area contributed by atoms with Crippen LogP contribution in [0.5, 0.6) is 0 Å². The first-order valence-corrected chi connectivity index (χ1v) is 7.44. The van der Waals surface area contributed by atoms with Crippen LogP contribution in [0.2, 0.25) is 0 Å². The Balaban J connectivity index is 1.74. The van der Waals surface area contributed by atoms with Gasteiger partial charge in [-0.15, -0.1) is 0 Å². The number of nitrogens with two attached hydrogens (primary N) is 1. The Morgan fingerprint density at radius 3 is 2.61 bits per heavy atom. The van der Waals surface area contributed by atoms with Gasteiger partial charge in [-0.3, -0.25) is 9.69 Å². The first-order chi connectivity index (χ1) is 8.65. The highest BCUT2D eigenvalue weighted by molar-refractivity contribution is 5.86. The molecule has 2 aliphatic carbocycles. The molecule has 0 radical (unpaired) electrons. The molecule has 3 aliphatic rings. The van der Waals surface area contributed by atoms with Crippen molar-refractivity contribution in [2.75, 3.05) is 19.6 Å². The third kappa shape index (κ3) is 1.95. The van der Waals surface area contributed by atoms with Gasteiger partial charge in [-0.1, -0.05) is 6.92 Å². The molecule has 0 spiro atoms. The van der Waals surface area contributed by atoms with E-state index < -0.39 is 5.54 Å². The first kappa shape index (κ1) is 12.4. The number of likely N-dealkylation sites (tertiary alicyclic amines) is 1. The molecule has 18 heavy (non-hydrogen) atoms. The highest BCUT2D eigenvalue weighted by Gasteiger charge is 2.52. The van der Waals surface area contributed by atoms with Crippen molar-refractivity contribution < 1.29 is 4.79 Å². The van der Waals surface area contributed by atoms with Crippen molar-refractivity contribution in [1.82, 2.24) is 10.2 Å². The van der Waals surface area contributed by atoms with Gasteiger partial charge in [0.15, 0.2) is 0 Å². The van der Waals surface area contributed by atoms with Gasteiger partial charge in [0, 0.05) is 19.1 Å². The summed E-state index contributed by atoms with van der Waals surface area (Å²) < 4.78 is 0. The van der Waals surface area contributed by atoms with E-state index in [2.05, 4.69) is 17.1 Å². The van der Waals surface area contributed by atoms with E-state index in [0.29, 0.717) is 12.0 Å². The molecule has 1 aliphatic heterocycles. The summed E-state index contributed by atoms with van der Waals surface area (Å²) in [4.78, 5) is 14.5. The third-order valence-corrected chi connectivity index (χ3v) is 5.18. The van der Waals surface area contributed by atoms with Crippen LogP contribution in [0.3, 0.4) is 0 Å². The second-order valence-corrected chi connectivity index (χ2v) is 6.40. The van der Waals surface area contributed by atoms with Gasteiger partial charge in [0.2, 0.25) is 5.91 Å². The van der Waals surface area contributed by atoms with E-state index in [1.807, 2.05) is 0 Å². The lowest BCUT2D eigenvalue weighted by Crippen LogP contribution is -2.63. The van der Waals surface area contributed by atoms with Crippen molar-refractivity contribution in [3.8, 4) is 0 Å². The average Bonchev–Trinajstić information content (AvgIpc) is 3.00. The number of carbonyl (C=O) groups excluding carboxylic acids is 1. The Hall–Kier alpha value is -0.610. The molecule has 1 saturated heterocycles. The molecule has 4 heteroatoms. The summed E-state index contributed by atoms with van der Waals surface area (Å²) in [5, 5.41) is 3.43. The van der Waals surface area contributed by atoms with Crippen LogP contribution in [0, 0.1) is 11.8 Å². The molecule has 1 amide bonds. The van der Waals surface area contributed by atoms with E-state index in [4.69, 9.17) is 5.73 Å². The van der Waals surface area contributed by atoms with E-state index in [1.165, 1.54) is 25.8 Å². The first-order valence-electron chi connectivity index (χ1n) is 7.44. The average molecular weight is 251 g/mol. The molecule has 102 valence electrons. The van der Waals surface area contributed by atoms with Crippen molar-refractivity contribution in [2.24, 2.45) is 17.6 Å². The molecule has 3 unspecified atom stereocenters. The van der Waals surface area contributed by atoms with Gasteiger partial charge in [-0.05, 0) is 50.5 Å². The SMILES string of the molecule is CCNC(CN1CC2CCC1C2)(C(N)=O)C1CC1. The zero-order valence-corrected chi connectivity index (χ0v) is 11.3. The Morgan fingerprint density at radius 2 is 2.17 bits per heavy atom. The van der Waals surface area contributed by atoms with Crippen LogP contribution in [0.1, 0.15) is 39.0 Å². The summed E-state index contributed by atoms with van der Waals surface area (Å²) in [6.45, 7) is 4.90. The lowest BCUT2D eigenvalue weighted by molar-refractivity contribution is -0.126. The highest BCUT2D eigenvalue weighted by atomic mass is 16.1. The molecule has 0 aromatic heterocycles. The molecule has 3 N–H and O–H groups in total. The fraction of sp³-hybridized carbons (Fsp3) is 0.929. The largest absolute Gasteiger partial charge is 0.368 e. The van der Waals surface area contributed by atoms with E-state index in [9.17, 15) is 4.79 Å². The minimum Gasteiger partial charge on any atom is -0.368 e. The van der Waals surface area contributed by atoms with E-state index in [0.717, 1.165) is 31.8 Å². The number of nitrogens with one attached hydrogen (secondary N) is 1. The number of carbonyl (C=O) groups is 1. The third-order valence-electron chi connectivity index (χ3n) is 5.18. The lowest BCUT2D eigenvalue weighted by atomic mass is 9.90. The van der Waals surface area contributed by atoms with Crippen molar-refractivity contribution in [1.29, 1.82) is 0 Å². The standard InChI is InChI=1S/C14H25N3O/c1-2-16-14(13(15)18,11-4-5-11)9-17-8-10-3-6-12(17)7-10/h10-12,16H,2-9H2,1H3,(H2,15,18). The Bertz CT molecular complexity index is 342. The monoisotopic (exact) mass is 251 g/mol. The number of nitrogens with zero attached hydrogens (tertiary/aromatic N) is 1. The maximum Gasteiger partial charge on any atom is 0.239 e. The molecular formula is C14H25N3O. The molecule has 3 atom stereocenters. The lowest BCUT2D eigenvalue weighted by Gasteiger charge is -2.38. The number of piperidine rings is 1. The number of rotatable bonds is 6. The van der Waals surface area contributed by atoms with Gasteiger partial charge in [0.25, 0.3) is 0 Å². The number of hydrogen-bond acceptors (Lipinski definition) is 3. The smallest absolute Gasteiger partial charge is 0.239 e. The molecule has 3 fully saturated rings. The maximum atomic E-state index is 12.0. The minimum absolute atomic E-state index is 0.144. The Labute approximate surface area is 109 Å². The normalized spacial score (nSPS) is 34.7. The highest BCUT2D eigenvalue weighted by Crippen LogP contribution is 2.43. The van der Waals surface area contributed by atoms with Crippen LogP contribution in [-0.4, -0.2) is 42.0 Å². The van der Waals surface area contributed by atoms with Gasteiger partial charge in [0.05, 0.1) is 0 Å². The Morgan fingerprint density at radius 1 is 1.39 bits per heavy atom. The Kier molecular flexibility index (Phi) is 3.10. The number of fused-ring (bicyclic) bond motifs is 2. The second kappa shape index (κ2) is 4.49. The van der Waals surface area contributed by atoms with Crippen LogP contribution >= 0.6 is 0 Å². The predicted molar refractivity (Wildman–Crippen MR) is 71.0 cm³/mol. The fourth-order valence-corrected chi connectivity index (χ4v) is 4.13. The van der Waals surface area contributed by atoms with Crippen LogP contribution < -0.4 is 11.1 Å². The van der Waals surface area contributed by atoms with E-state index >= 15 is 0 Å². The van der Waals surface area contributed by atoms with Crippen molar-refractivity contribution >= 4 is 5.91 Å². The molecule has 2 saturated carbocycles. The molecule has 4 nitrogen and oxygen atoms in total. The topological polar surface area (TPSA) is 58.4 Å². The van der Waals surface area contributed by atoms with Crippen molar-refractivity contribution in [3.05, 3.63) is 0 Å². The molecule has 2 bridgehead atoms. The van der Waals surface area contributed by atoms with Gasteiger partial charge < -0.3 is 11.1 Å². The van der Waals surface area contributed by atoms with E-state index in [1.54, 1.807) is 0 Å². The quantitative estimate of drug-likeness (QED) is 0.731. The number of hydrogen-bond donors (Lipinski definition) is 2. The molecule has 0 aromatic carbocycles. The minimum atomic E-state index is -0.459. The maximum absolute atomic E-state index is 12.0. The molecular weight excluding hydrogens is 226 g/mol. The fourth-order valence-electron chi connectivity index (χ4n) is 4.13. The van der Waals surface area contributed by atoms with Gasteiger partial charge in [-0.25, -0.2) is 0 Å².